The van der Waals surface area contributed by atoms with Gasteiger partial charge in [-0.15, -0.1) is 0 Å². The van der Waals surface area contributed by atoms with Gasteiger partial charge in [0.25, 0.3) is 11.1 Å². The highest BCUT2D eigenvalue weighted by Gasteiger charge is 2.41. The Morgan fingerprint density at radius 2 is 1.81 bits per heavy atom. The van der Waals surface area contributed by atoms with Crippen molar-refractivity contribution in [2.75, 3.05) is 7.11 Å². The van der Waals surface area contributed by atoms with Crippen LogP contribution in [0, 0.1) is 13.8 Å². The minimum atomic E-state index is -0.966. The van der Waals surface area contributed by atoms with Gasteiger partial charge in [-0.05, 0) is 61.7 Å². The highest BCUT2D eigenvalue weighted by Crippen LogP contribution is 2.35. The molecule has 2 amide bonds. The molecule has 0 N–H and O–H groups in total. The van der Waals surface area contributed by atoms with Crippen LogP contribution < -0.4 is 0 Å². The van der Waals surface area contributed by atoms with E-state index >= 15 is 0 Å². The first kappa shape index (κ1) is 20.9. The lowest BCUT2D eigenvalue weighted by Crippen LogP contribution is -2.42. The van der Waals surface area contributed by atoms with Crippen molar-refractivity contribution in [3.63, 3.8) is 0 Å². The van der Waals surface area contributed by atoms with Gasteiger partial charge in [0.15, 0.2) is 0 Å². The SMILES string of the molecule is COC(=O)[C@@H](C)N1C(=O)S/C(=C/c2cc(C)n(-c3cccc4ccccc34)c2C)C1=O. The van der Waals surface area contributed by atoms with Crippen LogP contribution in [0.4, 0.5) is 4.79 Å². The molecular weight excluding hydrogens is 412 g/mol. The van der Waals surface area contributed by atoms with Crippen LogP contribution >= 0.6 is 11.8 Å². The molecule has 1 aromatic heterocycles. The highest BCUT2D eigenvalue weighted by molar-refractivity contribution is 8.18. The molecule has 1 atom stereocenters. The van der Waals surface area contributed by atoms with E-state index in [1.807, 2.05) is 38.1 Å². The molecule has 6 nitrogen and oxygen atoms in total. The predicted octanol–water partition coefficient (Wildman–Crippen LogP) is 4.85. The number of carbonyl (C=O) groups is 3. The number of methoxy groups -OCH3 is 1. The molecule has 7 heteroatoms. The number of hydrogen-bond donors (Lipinski definition) is 0. The van der Waals surface area contributed by atoms with E-state index in [9.17, 15) is 14.4 Å². The molecule has 31 heavy (non-hydrogen) atoms. The maximum Gasteiger partial charge on any atom is 0.328 e. The molecule has 1 aliphatic rings. The van der Waals surface area contributed by atoms with Crippen molar-refractivity contribution < 1.29 is 19.1 Å². The van der Waals surface area contributed by atoms with Crippen molar-refractivity contribution in [2.24, 2.45) is 0 Å². The fourth-order valence-corrected chi connectivity index (χ4v) is 4.84. The Hall–Kier alpha value is -3.32. The molecule has 0 aliphatic carbocycles. The smallest absolute Gasteiger partial charge is 0.328 e. The summed E-state index contributed by atoms with van der Waals surface area (Å²) in [6.07, 6.45) is 1.72. The van der Waals surface area contributed by atoms with E-state index in [4.69, 9.17) is 0 Å². The second-order valence-corrected chi connectivity index (χ2v) is 8.40. The zero-order valence-electron chi connectivity index (χ0n) is 17.7. The van der Waals surface area contributed by atoms with Crippen LogP contribution in [-0.2, 0) is 14.3 Å². The number of amides is 2. The molecule has 0 spiro atoms. The summed E-state index contributed by atoms with van der Waals surface area (Å²) in [4.78, 5) is 38.3. The van der Waals surface area contributed by atoms with Crippen LogP contribution in [0.5, 0.6) is 0 Å². The van der Waals surface area contributed by atoms with Crippen molar-refractivity contribution >= 4 is 45.7 Å². The van der Waals surface area contributed by atoms with E-state index in [-0.39, 0.29) is 0 Å². The van der Waals surface area contributed by atoms with Gasteiger partial charge >= 0.3 is 5.97 Å². The Morgan fingerprint density at radius 1 is 1.10 bits per heavy atom. The summed E-state index contributed by atoms with van der Waals surface area (Å²) < 4.78 is 6.83. The Morgan fingerprint density at radius 3 is 2.55 bits per heavy atom. The van der Waals surface area contributed by atoms with Gasteiger partial charge in [-0.3, -0.25) is 14.5 Å². The van der Waals surface area contributed by atoms with Crippen LogP contribution in [0.3, 0.4) is 0 Å². The Labute approximate surface area is 184 Å². The van der Waals surface area contributed by atoms with Crippen molar-refractivity contribution in [2.45, 2.75) is 26.8 Å². The lowest BCUT2D eigenvalue weighted by molar-refractivity contribution is -0.148. The standard InChI is InChI=1S/C24H22N2O4S/c1-14-12-18(13-21-22(27)26(24(29)31-21)16(3)23(28)30-4)15(2)25(14)20-11-7-9-17-8-5-6-10-19(17)20/h5-13,16H,1-4H3/b21-13+/t16-/m1/s1. The largest absolute Gasteiger partial charge is 0.467 e. The predicted molar refractivity (Wildman–Crippen MR) is 122 cm³/mol. The summed E-state index contributed by atoms with van der Waals surface area (Å²) in [5.74, 6) is -1.11. The molecule has 2 heterocycles. The van der Waals surface area contributed by atoms with E-state index in [0.29, 0.717) is 4.91 Å². The summed E-state index contributed by atoms with van der Waals surface area (Å²) in [7, 11) is 1.23. The number of aryl methyl sites for hydroxylation is 1. The minimum Gasteiger partial charge on any atom is -0.467 e. The molecule has 0 saturated carbocycles. The monoisotopic (exact) mass is 434 g/mol. The molecule has 158 valence electrons. The van der Waals surface area contributed by atoms with Gasteiger partial charge in [-0.2, -0.15) is 0 Å². The number of rotatable bonds is 4. The summed E-state index contributed by atoms with van der Waals surface area (Å²) in [5.41, 5.74) is 3.88. The van der Waals surface area contributed by atoms with Crippen LogP contribution in [0.2, 0.25) is 0 Å². The number of fused-ring (bicyclic) bond motifs is 1. The fourth-order valence-electron chi connectivity index (χ4n) is 3.94. The first-order valence-corrected chi connectivity index (χ1v) is 10.7. The van der Waals surface area contributed by atoms with Crippen molar-refractivity contribution in [3.05, 3.63) is 70.4 Å². The molecule has 1 saturated heterocycles. The van der Waals surface area contributed by atoms with E-state index in [1.54, 1.807) is 6.08 Å². The zero-order chi connectivity index (χ0) is 22.3. The Bertz CT molecular complexity index is 1250. The van der Waals surface area contributed by atoms with Crippen LogP contribution in [0.25, 0.3) is 22.5 Å². The molecule has 4 rings (SSSR count). The molecule has 0 radical (unpaired) electrons. The quantitative estimate of drug-likeness (QED) is 0.434. The first-order chi connectivity index (χ1) is 14.8. The number of esters is 1. The molecular formula is C24H22N2O4S. The molecule has 0 unspecified atom stereocenters. The van der Waals surface area contributed by atoms with E-state index in [1.165, 1.54) is 14.0 Å². The lowest BCUT2D eigenvalue weighted by atomic mass is 10.1. The van der Waals surface area contributed by atoms with Gasteiger partial charge < -0.3 is 9.30 Å². The van der Waals surface area contributed by atoms with Crippen molar-refractivity contribution in [1.29, 1.82) is 0 Å². The van der Waals surface area contributed by atoms with Gasteiger partial charge in [0.05, 0.1) is 17.7 Å². The van der Waals surface area contributed by atoms with Crippen LogP contribution in [0.15, 0.2) is 53.4 Å². The van der Waals surface area contributed by atoms with E-state index in [2.05, 4.69) is 33.6 Å². The number of ether oxygens (including phenoxy) is 1. The lowest BCUT2D eigenvalue weighted by Gasteiger charge is -2.18. The Kier molecular flexibility index (Phi) is 5.45. The number of nitrogens with zero attached hydrogens (tertiary/aromatic N) is 2. The molecule has 0 bridgehead atoms. The maximum atomic E-state index is 12.8. The van der Waals surface area contributed by atoms with Gasteiger partial charge in [-0.25, -0.2) is 4.79 Å². The molecule has 2 aromatic carbocycles. The average Bonchev–Trinajstić information content (AvgIpc) is 3.20. The zero-order valence-corrected chi connectivity index (χ0v) is 18.5. The van der Waals surface area contributed by atoms with Crippen LogP contribution in [0.1, 0.15) is 23.9 Å². The number of imide groups is 1. The van der Waals surface area contributed by atoms with Gasteiger partial charge in [0, 0.05) is 16.8 Å². The third-order valence-electron chi connectivity index (χ3n) is 5.52. The van der Waals surface area contributed by atoms with E-state index in [0.717, 1.165) is 50.1 Å². The van der Waals surface area contributed by atoms with Crippen molar-refractivity contribution in [1.82, 2.24) is 9.47 Å². The second kappa shape index (κ2) is 8.07. The number of benzene rings is 2. The highest BCUT2D eigenvalue weighted by atomic mass is 32.2. The Balaban J connectivity index is 1.75. The third kappa shape index (κ3) is 3.55. The average molecular weight is 435 g/mol. The number of hydrogen-bond acceptors (Lipinski definition) is 5. The number of carbonyl (C=O) groups excluding carboxylic acids is 3. The van der Waals surface area contributed by atoms with Crippen LogP contribution in [-0.4, -0.2) is 39.7 Å². The number of aromatic nitrogens is 1. The second-order valence-electron chi connectivity index (χ2n) is 7.41. The summed E-state index contributed by atoms with van der Waals surface area (Å²) in [5, 5.41) is 1.80. The first-order valence-electron chi connectivity index (χ1n) is 9.85. The molecule has 3 aromatic rings. The normalized spacial score (nSPS) is 16.4. The summed E-state index contributed by atoms with van der Waals surface area (Å²) in [6, 6.07) is 15.4. The van der Waals surface area contributed by atoms with Gasteiger partial charge in [0.1, 0.15) is 6.04 Å². The fraction of sp³-hybridized carbons (Fsp3) is 0.208. The summed E-state index contributed by atoms with van der Waals surface area (Å²) in [6.45, 7) is 5.48. The molecule has 1 aliphatic heterocycles. The number of thioether (sulfide) groups is 1. The molecule has 1 fully saturated rings. The van der Waals surface area contributed by atoms with Gasteiger partial charge in [0.2, 0.25) is 0 Å². The maximum absolute atomic E-state index is 12.8. The van der Waals surface area contributed by atoms with Crippen molar-refractivity contribution in [3.8, 4) is 5.69 Å². The third-order valence-corrected chi connectivity index (χ3v) is 6.40. The summed E-state index contributed by atoms with van der Waals surface area (Å²) >= 11 is 0.837. The minimum absolute atomic E-state index is 0.291. The topological polar surface area (TPSA) is 68.6 Å². The van der Waals surface area contributed by atoms with E-state index < -0.39 is 23.2 Å². The van der Waals surface area contributed by atoms with Gasteiger partial charge in [-0.1, -0.05) is 36.4 Å².